The first-order valence-electron chi connectivity index (χ1n) is 8.70. The predicted octanol–water partition coefficient (Wildman–Crippen LogP) is 5.14. The van der Waals surface area contributed by atoms with E-state index in [1.54, 1.807) is 20.8 Å². The largest absolute Gasteiger partial charge is 0.355 e. The molecule has 0 aliphatic carbocycles. The van der Waals surface area contributed by atoms with Gasteiger partial charge in [-0.2, -0.15) is 0 Å². The van der Waals surface area contributed by atoms with Crippen molar-refractivity contribution in [3.63, 3.8) is 0 Å². The molecule has 2 amide bonds. The topological polar surface area (TPSA) is 76.7 Å². The summed E-state index contributed by atoms with van der Waals surface area (Å²) in [5.41, 5.74) is 1.77. The summed E-state index contributed by atoms with van der Waals surface area (Å²) in [5, 5.41) is 4.48. The molecule has 2 N–H and O–H groups in total. The molecule has 0 bridgehead atoms. The van der Waals surface area contributed by atoms with Crippen LogP contribution < -0.4 is 10.6 Å². The molecule has 0 aromatic heterocycles. The van der Waals surface area contributed by atoms with Crippen molar-refractivity contribution in [2.24, 2.45) is 5.92 Å². The number of hydrogen-bond donors (Lipinski definition) is 2. The van der Waals surface area contributed by atoms with E-state index in [2.05, 4.69) is 10.6 Å². The van der Waals surface area contributed by atoms with E-state index < -0.39 is 18.9 Å². The first-order chi connectivity index (χ1) is 11.7. The summed E-state index contributed by atoms with van der Waals surface area (Å²) in [5.74, 6) is 0.193. The molecular formula is C18H31N2O4P. The number of benzene rings is 1. The Morgan fingerprint density at radius 3 is 2.12 bits per heavy atom. The van der Waals surface area contributed by atoms with E-state index in [0.717, 1.165) is 5.56 Å². The molecule has 142 valence electrons. The lowest BCUT2D eigenvalue weighted by Gasteiger charge is -2.37. The Labute approximate surface area is 151 Å². The molecule has 1 aromatic rings. The molecule has 1 atom stereocenters. The zero-order chi connectivity index (χ0) is 19.1. The number of urea groups is 1. The van der Waals surface area contributed by atoms with E-state index >= 15 is 0 Å². The average Bonchev–Trinajstić information content (AvgIpc) is 2.49. The SMILES string of the molecule is CCOP(=O)(OCC)[C@](C)(CC(C)C)NC(=O)Nc1ccc(C)cc1. The maximum atomic E-state index is 13.3. The van der Waals surface area contributed by atoms with Crippen molar-refractivity contribution in [2.45, 2.75) is 53.2 Å². The Kier molecular flexibility index (Phi) is 8.13. The fraction of sp³-hybridized carbons (Fsp3) is 0.611. The summed E-state index contributed by atoms with van der Waals surface area (Å²) < 4.78 is 24.3. The second-order valence-corrected chi connectivity index (χ2v) is 9.15. The summed E-state index contributed by atoms with van der Waals surface area (Å²) in [6.45, 7) is 11.7. The number of aryl methyl sites for hydroxylation is 1. The summed E-state index contributed by atoms with van der Waals surface area (Å²) >= 11 is 0. The first kappa shape index (κ1) is 21.7. The second-order valence-electron chi connectivity index (χ2n) is 6.65. The van der Waals surface area contributed by atoms with Crippen molar-refractivity contribution < 1.29 is 18.4 Å². The monoisotopic (exact) mass is 370 g/mol. The van der Waals surface area contributed by atoms with Gasteiger partial charge in [0, 0.05) is 5.69 Å². The third kappa shape index (κ3) is 6.14. The minimum absolute atomic E-state index is 0.193. The molecule has 0 spiro atoms. The highest BCUT2D eigenvalue weighted by atomic mass is 31.2. The molecule has 25 heavy (non-hydrogen) atoms. The standard InChI is InChI=1S/C18H31N2O4P/c1-7-23-25(22,24-8-2)18(6,13-14(3)4)20-17(21)19-16-11-9-15(5)10-12-16/h9-12,14H,7-8,13H2,1-6H3,(H2,19,20,21)/t18-/m1/s1. The van der Waals surface area contributed by atoms with Gasteiger partial charge in [-0.1, -0.05) is 31.5 Å². The van der Waals surface area contributed by atoms with E-state index in [0.29, 0.717) is 12.1 Å². The normalized spacial score (nSPS) is 14.2. The van der Waals surface area contributed by atoms with Gasteiger partial charge in [0.1, 0.15) is 5.28 Å². The van der Waals surface area contributed by atoms with Crippen LogP contribution in [-0.4, -0.2) is 24.5 Å². The van der Waals surface area contributed by atoms with Crippen LogP contribution in [0.15, 0.2) is 24.3 Å². The molecule has 0 fully saturated rings. The first-order valence-corrected chi connectivity index (χ1v) is 10.2. The van der Waals surface area contributed by atoms with Gasteiger partial charge >= 0.3 is 13.6 Å². The van der Waals surface area contributed by atoms with Gasteiger partial charge in [0.05, 0.1) is 13.2 Å². The molecule has 0 saturated carbocycles. The van der Waals surface area contributed by atoms with Gasteiger partial charge in [-0.3, -0.25) is 4.57 Å². The molecule has 0 aliphatic heterocycles. The van der Waals surface area contributed by atoms with Crippen LogP contribution in [0.25, 0.3) is 0 Å². The summed E-state index contributed by atoms with van der Waals surface area (Å²) in [6, 6.07) is 7.02. The Morgan fingerprint density at radius 1 is 1.16 bits per heavy atom. The molecule has 7 heteroatoms. The Hall–Kier alpha value is -1.36. The Morgan fingerprint density at radius 2 is 1.68 bits per heavy atom. The molecule has 0 aliphatic rings. The molecule has 0 saturated heterocycles. The van der Waals surface area contributed by atoms with Gasteiger partial charge in [0.25, 0.3) is 0 Å². The minimum Gasteiger partial charge on any atom is -0.321 e. The van der Waals surface area contributed by atoms with Gasteiger partial charge < -0.3 is 19.7 Å². The van der Waals surface area contributed by atoms with E-state index in [9.17, 15) is 9.36 Å². The summed E-state index contributed by atoms with van der Waals surface area (Å²) in [4.78, 5) is 12.5. The fourth-order valence-electron chi connectivity index (χ4n) is 2.73. The lowest BCUT2D eigenvalue weighted by atomic mass is 10.0. The quantitative estimate of drug-likeness (QED) is 0.590. The van der Waals surface area contributed by atoms with Gasteiger partial charge in [-0.25, -0.2) is 4.79 Å². The molecule has 1 aromatic carbocycles. The van der Waals surface area contributed by atoms with Crippen molar-refractivity contribution >= 4 is 19.3 Å². The van der Waals surface area contributed by atoms with Gasteiger partial charge in [-0.05, 0) is 52.2 Å². The van der Waals surface area contributed by atoms with Crippen molar-refractivity contribution in [2.75, 3.05) is 18.5 Å². The molecule has 6 nitrogen and oxygen atoms in total. The average molecular weight is 370 g/mol. The minimum atomic E-state index is -3.53. The van der Waals surface area contributed by atoms with E-state index in [4.69, 9.17) is 9.05 Å². The van der Waals surface area contributed by atoms with Gasteiger partial charge in [0.2, 0.25) is 0 Å². The molecular weight excluding hydrogens is 339 g/mol. The number of carbonyl (C=O) groups excluding carboxylic acids is 1. The highest BCUT2D eigenvalue weighted by Gasteiger charge is 2.48. The number of amides is 2. The van der Waals surface area contributed by atoms with Crippen LogP contribution in [0.2, 0.25) is 0 Å². The van der Waals surface area contributed by atoms with Crippen LogP contribution in [0.3, 0.4) is 0 Å². The maximum Gasteiger partial charge on any atom is 0.355 e. The summed E-state index contributed by atoms with van der Waals surface area (Å²) in [7, 11) is -3.53. The van der Waals surface area contributed by atoms with E-state index in [1.807, 2.05) is 45.0 Å². The smallest absolute Gasteiger partial charge is 0.321 e. The molecule has 0 radical (unpaired) electrons. The van der Waals surface area contributed by atoms with Crippen LogP contribution in [0, 0.1) is 12.8 Å². The fourth-order valence-corrected chi connectivity index (χ4v) is 4.88. The highest BCUT2D eigenvalue weighted by molar-refractivity contribution is 7.55. The molecule has 1 rings (SSSR count). The highest BCUT2D eigenvalue weighted by Crippen LogP contribution is 2.60. The van der Waals surface area contributed by atoms with Crippen molar-refractivity contribution in [3.05, 3.63) is 29.8 Å². The lowest BCUT2D eigenvalue weighted by Crippen LogP contribution is -2.49. The second kappa shape index (κ2) is 9.37. The van der Waals surface area contributed by atoms with Crippen LogP contribution in [-0.2, 0) is 13.6 Å². The maximum absolute atomic E-state index is 13.3. The number of rotatable bonds is 9. The molecule has 0 unspecified atom stereocenters. The van der Waals surface area contributed by atoms with E-state index in [1.165, 1.54) is 0 Å². The van der Waals surface area contributed by atoms with Crippen molar-refractivity contribution in [1.82, 2.24) is 5.32 Å². The number of nitrogens with one attached hydrogen (secondary N) is 2. The van der Waals surface area contributed by atoms with Crippen LogP contribution >= 0.6 is 7.60 Å². The van der Waals surface area contributed by atoms with E-state index in [-0.39, 0.29) is 19.1 Å². The zero-order valence-electron chi connectivity index (χ0n) is 16.1. The zero-order valence-corrected chi connectivity index (χ0v) is 17.0. The number of carbonyl (C=O) groups is 1. The van der Waals surface area contributed by atoms with Crippen molar-refractivity contribution in [1.29, 1.82) is 0 Å². The number of hydrogen-bond acceptors (Lipinski definition) is 4. The van der Waals surface area contributed by atoms with Crippen molar-refractivity contribution in [3.8, 4) is 0 Å². The summed E-state index contributed by atoms with van der Waals surface area (Å²) in [6.07, 6.45) is 0.464. The van der Waals surface area contributed by atoms with Crippen LogP contribution in [0.5, 0.6) is 0 Å². The van der Waals surface area contributed by atoms with Gasteiger partial charge in [0.15, 0.2) is 0 Å². The number of anilines is 1. The van der Waals surface area contributed by atoms with Crippen LogP contribution in [0.4, 0.5) is 10.5 Å². The Bertz CT molecular complexity index is 594. The van der Waals surface area contributed by atoms with Crippen LogP contribution in [0.1, 0.15) is 46.6 Å². The van der Waals surface area contributed by atoms with Gasteiger partial charge in [-0.15, -0.1) is 0 Å². The third-order valence-corrected chi connectivity index (χ3v) is 6.40. The predicted molar refractivity (Wildman–Crippen MR) is 102 cm³/mol. The third-order valence-electron chi connectivity index (χ3n) is 3.70. The molecule has 0 heterocycles. The Balaban J connectivity index is 3.01. The lowest BCUT2D eigenvalue weighted by molar-refractivity contribution is 0.180.